The summed E-state index contributed by atoms with van der Waals surface area (Å²) in [5.41, 5.74) is 5.79. The number of nitrogens with one attached hydrogen (secondary N) is 2. The van der Waals surface area contributed by atoms with Gasteiger partial charge < -0.3 is 10.6 Å². The van der Waals surface area contributed by atoms with E-state index in [1.165, 1.54) is 0 Å². The van der Waals surface area contributed by atoms with Crippen molar-refractivity contribution in [3.05, 3.63) is 90.0 Å². The summed E-state index contributed by atoms with van der Waals surface area (Å²) in [4.78, 5) is 38.4. The molecule has 3 heterocycles. The standard InChI is InChI=1S/C31H26N6O2/c1-19-2-5-24(36-30(39)23-8-12-34-27(15-23)31(18-32)9-10-31)17-25(19)21-6-11-33-26(14-21)22-7-13-35-28(16-22)37-29(38)20-3-4-20/h2,5-8,11-17,20H,3-4,9-10H2,1H3,(H,36,39)(H,35,37,38). The second kappa shape index (κ2) is 9.76. The molecule has 0 radical (unpaired) electrons. The summed E-state index contributed by atoms with van der Waals surface area (Å²) >= 11 is 0. The second-order valence-electron chi connectivity index (χ2n) is 10.2. The number of aryl methyl sites for hydroxylation is 1. The number of anilines is 2. The summed E-state index contributed by atoms with van der Waals surface area (Å²) in [7, 11) is 0. The van der Waals surface area contributed by atoms with Crippen LogP contribution in [0.15, 0.2) is 73.2 Å². The molecule has 6 rings (SSSR count). The van der Waals surface area contributed by atoms with Crippen LogP contribution in [0.2, 0.25) is 0 Å². The van der Waals surface area contributed by atoms with E-state index in [0.29, 0.717) is 22.8 Å². The molecule has 1 aromatic carbocycles. The number of carbonyl (C=O) groups excluding carboxylic acids is 2. The number of nitrogens with zero attached hydrogens (tertiary/aromatic N) is 4. The maximum atomic E-state index is 13.1. The van der Waals surface area contributed by atoms with Gasteiger partial charge in [0.2, 0.25) is 5.91 Å². The fourth-order valence-electron chi connectivity index (χ4n) is 4.59. The van der Waals surface area contributed by atoms with Crippen molar-refractivity contribution < 1.29 is 9.59 Å². The molecule has 2 aliphatic rings. The lowest BCUT2D eigenvalue weighted by Gasteiger charge is -2.13. The number of rotatable bonds is 7. The van der Waals surface area contributed by atoms with Gasteiger partial charge in [0.1, 0.15) is 5.82 Å². The van der Waals surface area contributed by atoms with Gasteiger partial charge >= 0.3 is 0 Å². The molecule has 0 bridgehead atoms. The Balaban J connectivity index is 1.23. The summed E-state index contributed by atoms with van der Waals surface area (Å²) in [6.45, 7) is 2.02. The van der Waals surface area contributed by atoms with Crippen molar-refractivity contribution in [2.24, 2.45) is 5.92 Å². The van der Waals surface area contributed by atoms with Gasteiger partial charge in [-0.05, 0) is 97.8 Å². The summed E-state index contributed by atoms with van der Waals surface area (Å²) in [5, 5.41) is 15.4. The van der Waals surface area contributed by atoms with Crippen LogP contribution in [0.1, 0.15) is 47.3 Å². The molecule has 0 atom stereocenters. The molecule has 0 aliphatic heterocycles. The van der Waals surface area contributed by atoms with Crippen LogP contribution in [0.25, 0.3) is 22.4 Å². The average Bonchev–Trinajstić information content (AvgIpc) is 3.89. The molecule has 0 spiro atoms. The first-order chi connectivity index (χ1) is 18.9. The van der Waals surface area contributed by atoms with Gasteiger partial charge in [-0.15, -0.1) is 0 Å². The summed E-state index contributed by atoms with van der Waals surface area (Å²) in [6.07, 6.45) is 8.40. The van der Waals surface area contributed by atoms with Crippen LogP contribution in [0.4, 0.5) is 11.5 Å². The molecular formula is C31H26N6O2. The first-order valence-electron chi connectivity index (χ1n) is 13.0. The Labute approximate surface area is 226 Å². The van der Waals surface area contributed by atoms with Crippen molar-refractivity contribution >= 4 is 23.3 Å². The van der Waals surface area contributed by atoms with E-state index < -0.39 is 5.41 Å². The predicted octanol–water partition coefficient (Wildman–Crippen LogP) is 5.67. The molecule has 39 heavy (non-hydrogen) atoms. The first-order valence-corrected chi connectivity index (χ1v) is 13.0. The topological polar surface area (TPSA) is 121 Å². The number of hydrogen-bond donors (Lipinski definition) is 2. The molecular weight excluding hydrogens is 488 g/mol. The maximum Gasteiger partial charge on any atom is 0.255 e. The minimum Gasteiger partial charge on any atom is -0.322 e. The molecule has 192 valence electrons. The number of nitriles is 1. The average molecular weight is 515 g/mol. The molecule has 8 heteroatoms. The van der Waals surface area contributed by atoms with Crippen molar-refractivity contribution in [3.63, 3.8) is 0 Å². The van der Waals surface area contributed by atoms with E-state index in [2.05, 4.69) is 31.7 Å². The molecule has 2 aliphatic carbocycles. The van der Waals surface area contributed by atoms with E-state index in [-0.39, 0.29) is 17.7 Å². The highest BCUT2D eigenvalue weighted by atomic mass is 16.2. The number of carbonyl (C=O) groups is 2. The third-order valence-corrected chi connectivity index (χ3v) is 7.30. The van der Waals surface area contributed by atoms with Gasteiger partial charge in [-0.3, -0.25) is 19.6 Å². The number of pyridine rings is 3. The maximum absolute atomic E-state index is 13.1. The largest absolute Gasteiger partial charge is 0.322 e. The molecule has 0 unspecified atom stereocenters. The van der Waals surface area contributed by atoms with Crippen LogP contribution in [-0.2, 0) is 10.2 Å². The highest BCUT2D eigenvalue weighted by molar-refractivity contribution is 6.04. The summed E-state index contributed by atoms with van der Waals surface area (Å²) in [5.74, 6) is 0.367. The molecule has 8 nitrogen and oxygen atoms in total. The first kappa shape index (κ1) is 24.4. The van der Waals surface area contributed by atoms with Crippen molar-refractivity contribution in [2.75, 3.05) is 10.6 Å². The van der Waals surface area contributed by atoms with Crippen molar-refractivity contribution in [2.45, 2.75) is 38.0 Å². The fourth-order valence-corrected chi connectivity index (χ4v) is 4.59. The molecule has 2 amide bonds. The van der Waals surface area contributed by atoms with E-state index in [9.17, 15) is 14.9 Å². The monoisotopic (exact) mass is 514 g/mol. The smallest absolute Gasteiger partial charge is 0.255 e. The Kier molecular flexibility index (Phi) is 6.12. The van der Waals surface area contributed by atoms with Crippen molar-refractivity contribution in [1.29, 1.82) is 5.26 Å². The van der Waals surface area contributed by atoms with Crippen LogP contribution in [0.5, 0.6) is 0 Å². The Morgan fingerprint density at radius 1 is 0.897 bits per heavy atom. The summed E-state index contributed by atoms with van der Waals surface area (Å²) < 4.78 is 0. The van der Waals surface area contributed by atoms with Crippen LogP contribution in [-0.4, -0.2) is 26.8 Å². The van der Waals surface area contributed by atoms with Gasteiger partial charge in [0.25, 0.3) is 5.91 Å². The lowest BCUT2D eigenvalue weighted by Crippen LogP contribution is -2.14. The zero-order chi connectivity index (χ0) is 27.0. The fraction of sp³-hybridized carbons (Fsp3) is 0.226. The number of amides is 2. The van der Waals surface area contributed by atoms with Gasteiger partial charge in [-0.25, -0.2) is 4.98 Å². The third-order valence-electron chi connectivity index (χ3n) is 7.30. The van der Waals surface area contributed by atoms with Gasteiger partial charge in [0, 0.05) is 41.3 Å². The van der Waals surface area contributed by atoms with E-state index in [4.69, 9.17) is 0 Å². The normalized spacial score (nSPS) is 15.2. The van der Waals surface area contributed by atoms with Crippen molar-refractivity contribution in [3.8, 4) is 28.5 Å². The quantitative estimate of drug-likeness (QED) is 0.328. The molecule has 2 saturated carbocycles. The van der Waals surface area contributed by atoms with Gasteiger partial charge in [-0.2, -0.15) is 5.26 Å². The molecule has 2 fully saturated rings. The van der Waals surface area contributed by atoms with Gasteiger partial charge in [0.05, 0.1) is 22.9 Å². The highest BCUT2D eigenvalue weighted by Crippen LogP contribution is 2.46. The van der Waals surface area contributed by atoms with Crippen LogP contribution >= 0.6 is 0 Å². The predicted molar refractivity (Wildman–Crippen MR) is 148 cm³/mol. The minimum absolute atomic E-state index is 0.0101. The van der Waals surface area contributed by atoms with E-state index in [1.807, 2.05) is 49.4 Å². The highest BCUT2D eigenvalue weighted by Gasteiger charge is 2.46. The lowest BCUT2D eigenvalue weighted by atomic mass is 9.98. The minimum atomic E-state index is -0.551. The van der Waals surface area contributed by atoms with Crippen LogP contribution in [0, 0.1) is 24.2 Å². The number of hydrogen-bond acceptors (Lipinski definition) is 6. The Bertz CT molecular complexity index is 1650. The number of aromatic nitrogens is 3. The van der Waals surface area contributed by atoms with E-state index >= 15 is 0 Å². The Hall–Kier alpha value is -4.90. The second-order valence-corrected chi connectivity index (χ2v) is 10.2. The van der Waals surface area contributed by atoms with E-state index in [0.717, 1.165) is 53.6 Å². The Morgan fingerprint density at radius 3 is 2.44 bits per heavy atom. The van der Waals surface area contributed by atoms with Gasteiger partial charge in [0.15, 0.2) is 0 Å². The molecule has 4 aromatic rings. The molecule has 0 saturated heterocycles. The van der Waals surface area contributed by atoms with Crippen molar-refractivity contribution in [1.82, 2.24) is 15.0 Å². The van der Waals surface area contributed by atoms with Gasteiger partial charge in [-0.1, -0.05) is 6.07 Å². The van der Waals surface area contributed by atoms with Crippen LogP contribution < -0.4 is 10.6 Å². The zero-order valence-electron chi connectivity index (χ0n) is 21.4. The molecule has 2 N–H and O–H groups in total. The lowest BCUT2D eigenvalue weighted by molar-refractivity contribution is -0.117. The van der Waals surface area contributed by atoms with E-state index in [1.54, 1.807) is 30.7 Å². The molecule has 3 aromatic heterocycles. The number of benzene rings is 1. The summed E-state index contributed by atoms with van der Waals surface area (Å²) in [6, 6.07) is 19.1. The van der Waals surface area contributed by atoms with Crippen LogP contribution in [0.3, 0.4) is 0 Å². The third kappa shape index (κ3) is 5.12. The zero-order valence-corrected chi connectivity index (χ0v) is 21.4. The SMILES string of the molecule is Cc1ccc(NC(=O)c2ccnc(C3(C#N)CC3)c2)cc1-c1ccnc(-c2ccnc(NC(=O)C3CC3)c2)c1. The Morgan fingerprint density at radius 2 is 1.67 bits per heavy atom.